The molecule has 1 amide bonds. The number of ether oxygens (including phenoxy) is 1. The molecule has 1 N–H and O–H groups in total. The van der Waals surface area contributed by atoms with E-state index < -0.39 is 18.0 Å². The summed E-state index contributed by atoms with van der Waals surface area (Å²) in [5, 5.41) is 12.6. The normalized spacial score (nSPS) is 18.7. The van der Waals surface area contributed by atoms with Gasteiger partial charge in [0.15, 0.2) is 17.6 Å². The lowest BCUT2D eigenvalue weighted by atomic mass is 10.2. The van der Waals surface area contributed by atoms with E-state index in [0.717, 1.165) is 0 Å². The number of amides is 1. The van der Waals surface area contributed by atoms with Crippen LogP contribution in [0, 0.1) is 0 Å². The average molecular weight is 292 g/mol. The van der Waals surface area contributed by atoms with E-state index >= 15 is 0 Å². The van der Waals surface area contributed by atoms with Gasteiger partial charge in [-0.1, -0.05) is 5.16 Å². The second-order valence-corrected chi connectivity index (χ2v) is 4.50. The van der Waals surface area contributed by atoms with Crippen LogP contribution in [-0.4, -0.2) is 52.8 Å². The summed E-state index contributed by atoms with van der Waals surface area (Å²) in [7, 11) is 0. The van der Waals surface area contributed by atoms with E-state index in [2.05, 4.69) is 5.16 Å². The molecule has 0 radical (unpaired) electrons. The van der Waals surface area contributed by atoms with Gasteiger partial charge in [-0.05, 0) is 12.1 Å². The highest BCUT2D eigenvalue weighted by atomic mass is 16.5. The summed E-state index contributed by atoms with van der Waals surface area (Å²) in [6, 6.07) is 4.84. The Bertz CT molecular complexity index is 647. The number of carbonyl (C=O) groups is 2. The number of aliphatic carboxylic acids is 1. The van der Waals surface area contributed by atoms with Gasteiger partial charge in [0, 0.05) is 12.6 Å². The maximum absolute atomic E-state index is 12.3. The molecule has 0 spiro atoms. The highest BCUT2D eigenvalue weighted by molar-refractivity contribution is 5.93. The van der Waals surface area contributed by atoms with Crippen LogP contribution in [0.1, 0.15) is 10.5 Å². The minimum Gasteiger partial charge on any atom is -0.479 e. The van der Waals surface area contributed by atoms with Gasteiger partial charge in [-0.15, -0.1) is 0 Å². The summed E-state index contributed by atoms with van der Waals surface area (Å²) >= 11 is 0. The van der Waals surface area contributed by atoms with Gasteiger partial charge < -0.3 is 23.7 Å². The monoisotopic (exact) mass is 292 g/mol. The van der Waals surface area contributed by atoms with Gasteiger partial charge in [0.05, 0.1) is 19.4 Å². The van der Waals surface area contributed by atoms with Crippen LogP contribution >= 0.6 is 0 Å². The molecule has 3 rings (SSSR count). The van der Waals surface area contributed by atoms with Gasteiger partial charge >= 0.3 is 5.97 Å². The lowest BCUT2D eigenvalue weighted by Gasteiger charge is -2.30. The van der Waals surface area contributed by atoms with Gasteiger partial charge in [-0.2, -0.15) is 0 Å². The van der Waals surface area contributed by atoms with Crippen LogP contribution in [0.15, 0.2) is 33.4 Å². The number of carbonyl (C=O) groups excluding carboxylic acids is 1. The smallest absolute Gasteiger partial charge is 0.334 e. The third-order valence-electron chi connectivity index (χ3n) is 3.12. The molecule has 2 aromatic rings. The van der Waals surface area contributed by atoms with E-state index in [1.54, 1.807) is 12.1 Å². The number of hydrogen-bond acceptors (Lipinski definition) is 6. The Kier molecular flexibility index (Phi) is 3.44. The molecule has 2 aromatic heterocycles. The third kappa shape index (κ3) is 2.65. The van der Waals surface area contributed by atoms with Crippen LogP contribution in [0.5, 0.6) is 0 Å². The fraction of sp³-hybridized carbons (Fsp3) is 0.308. The number of rotatable bonds is 3. The minimum atomic E-state index is -1.09. The second kappa shape index (κ2) is 5.41. The number of aromatic nitrogens is 1. The van der Waals surface area contributed by atoms with Crippen molar-refractivity contribution in [1.29, 1.82) is 0 Å². The number of morpholine rings is 1. The van der Waals surface area contributed by atoms with Crippen molar-refractivity contribution in [2.45, 2.75) is 6.10 Å². The molecule has 3 heterocycles. The zero-order chi connectivity index (χ0) is 14.8. The summed E-state index contributed by atoms with van der Waals surface area (Å²) < 4.78 is 15.3. The van der Waals surface area contributed by atoms with Gasteiger partial charge in [0.2, 0.25) is 5.76 Å². The molecule has 0 aliphatic carbocycles. The Balaban J connectivity index is 1.74. The molecule has 8 heteroatoms. The zero-order valence-electron chi connectivity index (χ0n) is 10.9. The molecule has 1 atom stereocenters. The molecular formula is C13H12N2O6. The standard InChI is InChI=1S/C13H12N2O6/c16-12(15-3-5-20-11(7-15)13(17)18)8-6-10(21-14-8)9-2-1-4-19-9/h1-2,4,6,11H,3,5,7H2,(H,17,18). The number of nitrogens with zero attached hydrogens (tertiary/aromatic N) is 2. The first kappa shape index (κ1) is 13.4. The van der Waals surface area contributed by atoms with E-state index in [1.807, 2.05) is 0 Å². The van der Waals surface area contributed by atoms with Gasteiger partial charge in [-0.3, -0.25) is 4.79 Å². The predicted octanol–water partition coefficient (Wildman–Crippen LogP) is 0.860. The van der Waals surface area contributed by atoms with Crippen LogP contribution in [0.3, 0.4) is 0 Å². The Hall–Kier alpha value is -2.61. The molecule has 1 aliphatic rings. The summed E-state index contributed by atoms with van der Waals surface area (Å²) in [6.07, 6.45) is 0.470. The molecular weight excluding hydrogens is 280 g/mol. The molecule has 21 heavy (non-hydrogen) atoms. The van der Waals surface area contributed by atoms with Crippen molar-refractivity contribution in [3.05, 3.63) is 30.2 Å². The van der Waals surface area contributed by atoms with Gasteiger partial charge in [-0.25, -0.2) is 4.79 Å². The highest BCUT2D eigenvalue weighted by Crippen LogP contribution is 2.21. The van der Waals surface area contributed by atoms with Crippen molar-refractivity contribution in [3.63, 3.8) is 0 Å². The molecule has 0 saturated carbocycles. The lowest BCUT2D eigenvalue weighted by molar-refractivity contribution is -0.154. The number of hydrogen-bond donors (Lipinski definition) is 1. The first-order valence-electron chi connectivity index (χ1n) is 6.29. The van der Waals surface area contributed by atoms with Gasteiger partial charge in [0.25, 0.3) is 5.91 Å². The van der Waals surface area contributed by atoms with Crippen molar-refractivity contribution in [2.24, 2.45) is 0 Å². The Morgan fingerprint density at radius 3 is 2.95 bits per heavy atom. The molecule has 110 valence electrons. The molecule has 0 aromatic carbocycles. The Morgan fingerprint density at radius 2 is 2.24 bits per heavy atom. The maximum atomic E-state index is 12.3. The van der Waals surface area contributed by atoms with E-state index in [-0.39, 0.29) is 18.8 Å². The molecule has 1 unspecified atom stereocenters. The predicted molar refractivity (Wildman–Crippen MR) is 67.5 cm³/mol. The van der Waals surface area contributed by atoms with Crippen LogP contribution < -0.4 is 0 Å². The summed E-state index contributed by atoms with van der Waals surface area (Å²) in [5.41, 5.74) is 0.104. The van der Waals surface area contributed by atoms with Crippen molar-refractivity contribution < 1.29 is 28.4 Å². The first-order chi connectivity index (χ1) is 10.1. The lowest BCUT2D eigenvalue weighted by Crippen LogP contribution is -2.48. The average Bonchev–Trinajstić information content (AvgIpc) is 3.17. The summed E-state index contributed by atoms with van der Waals surface area (Å²) in [4.78, 5) is 24.6. The minimum absolute atomic E-state index is 0.0168. The van der Waals surface area contributed by atoms with Crippen LogP contribution in [0.2, 0.25) is 0 Å². The van der Waals surface area contributed by atoms with Crippen LogP contribution in [0.25, 0.3) is 11.5 Å². The first-order valence-corrected chi connectivity index (χ1v) is 6.29. The zero-order valence-corrected chi connectivity index (χ0v) is 10.9. The Labute approximate surface area is 118 Å². The SMILES string of the molecule is O=C(O)C1CN(C(=O)c2cc(-c3ccco3)on2)CCO1. The number of furan rings is 1. The fourth-order valence-electron chi connectivity index (χ4n) is 2.06. The maximum Gasteiger partial charge on any atom is 0.334 e. The third-order valence-corrected chi connectivity index (χ3v) is 3.12. The Morgan fingerprint density at radius 1 is 1.38 bits per heavy atom. The largest absolute Gasteiger partial charge is 0.479 e. The van der Waals surface area contributed by atoms with Crippen LogP contribution in [-0.2, 0) is 9.53 Å². The van der Waals surface area contributed by atoms with E-state index in [9.17, 15) is 9.59 Å². The molecule has 1 saturated heterocycles. The van der Waals surface area contributed by atoms with E-state index in [0.29, 0.717) is 18.1 Å². The molecule has 8 nitrogen and oxygen atoms in total. The van der Waals surface area contributed by atoms with Gasteiger partial charge in [0.1, 0.15) is 0 Å². The second-order valence-electron chi connectivity index (χ2n) is 4.50. The van der Waals surface area contributed by atoms with Crippen molar-refractivity contribution in [2.75, 3.05) is 19.7 Å². The highest BCUT2D eigenvalue weighted by Gasteiger charge is 2.30. The quantitative estimate of drug-likeness (QED) is 0.894. The fourth-order valence-corrected chi connectivity index (χ4v) is 2.06. The molecule has 1 aliphatic heterocycles. The van der Waals surface area contributed by atoms with Crippen molar-refractivity contribution in [3.8, 4) is 11.5 Å². The summed E-state index contributed by atoms with van der Waals surface area (Å²) in [6.45, 7) is 0.467. The van der Waals surface area contributed by atoms with Crippen molar-refractivity contribution in [1.82, 2.24) is 10.1 Å². The topological polar surface area (TPSA) is 106 Å². The number of carboxylic acids is 1. The van der Waals surface area contributed by atoms with Crippen LogP contribution in [0.4, 0.5) is 0 Å². The summed E-state index contributed by atoms with van der Waals surface area (Å²) in [5.74, 6) is -0.687. The molecule has 0 bridgehead atoms. The molecule has 1 fully saturated rings. The van der Waals surface area contributed by atoms with E-state index in [1.165, 1.54) is 17.2 Å². The number of carboxylic acid groups (broad SMARTS) is 1. The van der Waals surface area contributed by atoms with E-state index in [4.69, 9.17) is 18.8 Å². The van der Waals surface area contributed by atoms with Crippen molar-refractivity contribution >= 4 is 11.9 Å².